The molecule has 0 fully saturated rings. The molecular formula is C9H9N7S. The molecule has 0 aromatic carbocycles. The van der Waals surface area contributed by atoms with E-state index < -0.39 is 0 Å². The van der Waals surface area contributed by atoms with Crippen LogP contribution < -0.4 is 5.32 Å². The van der Waals surface area contributed by atoms with Crippen LogP contribution in [0.2, 0.25) is 0 Å². The number of thiazole rings is 1. The lowest BCUT2D eigenvalue weighted by Gasteiger charge is -2.02. The largest absolute Gasteiger partial charge is 0.368 e. The van der Waals surface area contributed by atoms with Gasteiger partial charge in [-0.25, -0.2) is 4.98 Å². The number of aromatic nitrogens is 6. The summed E-state index contributed by atoms with van der Waals surface area (Å²) in [5, 5.41) is 21.5. The van der Waals surface area contributed by atoms with Crippen LogP contribution in [0.5, 0.6) is 0 Å². The first kappa shape index (κ1) is 10.1. The van der Waals surface area contributed by atoms with Crippen LogP contribution in [-0.4, -0.2) is 36.8 Å². The van der Waals surface area contributed by atoms with E-state index in [2.05, 4.69) is 30.9 Å². The molecule has 0 spiro atoms. The molecule has 86 valence electrons. The first-order chi connectivity index (χ1) is 8.42. The first-order valence-electron chi connectivity index (χ1n) is 5.09. The van der Waals surface area contributed by atoms with Gasteiger partial charge in [0.25, 0.3) is 0 Å². The van der Waals surface area contributed by atoms with Gasteiger partial charge in [-0.1, -0.05) is 0 Å². The zero-order valence-electron chi connectivity index (χ0n) is 8.82. The highest BCUT2D eigenvalue weighted by Gasteiger charge is 2.00. The maximum Gasteiger partial charge on any atom is 0.200 e. The standard InChI is InChI=1S/C9H9N7S/c1-2-8-12-14-15-16(8)13-7(1)10-4-3-9-11-5-6-17-9/h1-2,5-6H,3-4H2,(H,10,13). The molecule has 3 rings (SSSR count). The number of rotatable bonds is 4. The minimum absolute atomic E-state index is 0.635. The van der Waals surface area contributed by atoms with Gasteiger partial charge in [-0.2, -0.15) is 0 Å². The van der Waals surface area contributed by atoms with Crippen molar-refractivity contribution in [2.45, 2.75) is 6.42 Å². The smallest absolute Gasteiger partial charge is 0.200 e. The van der Waals surface area contributed by atoms with Crippen molar-refractivity contribution in [2.75, 3.05) is 11.9 Å². The van der Waals surface area contributed by atoms with Gasteiger partial charge in [0.1, 0.15) is 5.82 Å². The lowest BCUT2D eigenvalue weighted by molar-refractivity contribution is 0.733. The summed E-state index contributed by atoms with van der Waals surface area (Å²) in [5.41, 5.74) is 0.635. The summed E-state index contributed by atoms with van der Waals surface area (Å²) in [4.78, 5) is 4.21. The Labute approximate surface area is 100 Å². The van der Waals surface area contributed by atoms with Gasteiger partial charge in [0.15, 0.2) is 5.65 Å². The van der Waals surface area contributed by atoms with Crippen LogP contribution in [0.3, 0.4) is 0 Å². The van der Waals surface area contributed by atoms with Crippen LogP contribution in [0.1, 0.15) is 5.01 Å². The zero-order chi connectivity index (χ0) is 11.5. The molecule has 17 heavy (non-hydrogen) atoms. The molecule has 8 heteroatoms. The molecule has 3 aromatic rings. The molecule has 0 aliphatic heterocycles. The van der Waals surface area contributed by atoms with Gasteiger partial charge in [0.05, 0.1) is 5.01 Å². The van der Waals surface area contributed by atoms with Crippen molar-refractivity contribution in [3.63, 3.8) is 0 Å². The van der Waals surface area contributed by atoms with Crippen molar-refractivity contribution in [1.29, 1.82) is 0 Å². The van der Waals surface area contributed by atoms with Crippen LogP contribution in [0.25, 0.3) is 5.65 Å². The summed E-state index contributed by atoms with van der Waals surface area (Å²) in [5.74, 6) is 0.751. The Hall–Kier alpha value is -2.09. The highest BCUT2D eigenvalue weighted by Crippen LogP contribution is 2.06. The Morgan fingerprint density at radius 3 is 3.24 bits per heavy atom. The van der Waals surface area contributed by atoms with Crippen molar-refractivity contribution >= 4 is 22.8 Å². The van der Waals surface area contributed by atoms with Crippen LogP contribution in [0, 0.1) is 0 Å². The quantitative estimate of drug-likeness (QED) is 0.728. The molecule has 1 N–H and O–H groups in total. The van der Waals surface area contributed by atoms with Gasteiger partial charge in [0, 0.05) is 24.5 Å². The predicted molar refractivity (Wildman–Crippen MR) is 62.9 cm³/mol. The predicted octanol–water partition coefficient (Wildman–Crippen LogP) is 0.630. The summed E-state index contributed by atoms with van der Waals surface area (Å²) in [6.07, 6.45) is 2.69. The maximum atomic E-state index is 4.21. The molecule has 0 bridgehead atoms. The zero-order valence-corrected chi connectivity index (χ0v) is 9.63. The lowest BCUT2D eigenvalue weighted by atomic mass is 10.4. The second kappa shape index (κ2) is 4.42. The van der Waals surface area contributed by atoms with Gasteiger partial charge < -0.3 is 5.32 Å². The molecule has 3 heterocycles. The molecule has 0 aliphatic carbocycles. The second-order valence-corrected chi connectivity index (χ2v) is 4.33. The number of tetrazole rings is 1. The van der Waals surface area contributed by atoms with Crippen molar-refractivity contribution in [3.8, 4) is 0 Å². The Morgan fingerprint density at radius 2 is 2.35 bits per heavy atom. The minimum atomic E-state index is 0.635. The van der Waals surface area contributed by atoms with E-state index in [1.165, 1.54) is 4.63 Å². The van der Waals surface area contributed by atoms with E-state index in [1.54, 1.807) is 11.3 Å². The molecule has 7 nitrogen and oxygen atoms in total. The fourth-order valence-electron chi connectivity index (χ4n) is 1.42. The van der Waals surface area contributed by atoms with E-state index in [0.29, 0.717) is 5.65 Å². The third kappa shape index (κ3) is 2.21. The number of nitrogens with zero attached hydrogens (tertiary/aromatic N) is 6. The van der Waals surface area contributed by atoms with Gasteiger partial charge in [-0.15, -0.1) is 26.2 Å². The van der Waals surface area contributed by atoms with Crippen LogP contribution in [0.15, 0.2) is 23.7 Å². The van der Waals surface area contributed by atoms with E-state index in [9.17, 15) is 0 Å². The number of hydrogen-bond donors (Lipinski definition) is 1. The molecule has 0 amide bonds. The fourth-order valence-corrected chi connectivity index (χ4v) is 2.04. The summed E-state index contributed by atoms with van der Waals surface area (Å²) < 4.78 is 1.39. The molecule has 3 aromatic heterocycles. The molecule has 0 saturated carbocycles. The summed E-state index contributed by atoms with van der Waals surface area (Å²) in [7, 11) is 0. The molecule has 0 aliphatic rings. The topological polar surface area (TPSA) is 80.9 Å². The molecule has 0 unspecified atom stereocenters. The summed E-state index contributed by atoms with van der Waals surface area (Å²) in [6, 6.07) is 3.67. The van der Waals surface area contributed by atoms with Gasteiger partial charge >= 0.3 is 0 Å². The normalized spacial score (nSPS) is 10.8. The van der Waals surface area contributed by atoms with Crippen molar-refractivity contribution < 1.29 is 0 Å². The molecule has 0 saturated heterocycles. The van der Waals surface area contributed by atoms with Gasteiger partial charge in [-0.3, -0.25) is 0 Å². The SMILES string of the molecule is c1csc(CCNc2ccc3nnnn3n2)n1. The van der Waals surface area contributed by atoms with Gasteiger partial charge in [0.2, 0.25) is 0 Å². The number of fused-ring (bicyclic) bond motifs is 1. The molecule has 0 atom stereocenters. The van der Waals surface area contributed by atoms with Crippen molar-refractivity contribution in [3.05, 3.63) is 28.7 Å². The highest BCUT2D eigenvalue weighted by molar-refractivity contribution is 7.09. The van der Waals surface area contributed by atoms with E-state index in [1.807, 2.05) is 23.7 Å². The van der Waals surface area contributed by atoms with Crippen LogP contribution >= 0.6 is 11.3 Å². The number of anilines is 1. The van der Waals surface area contributed by atoms with E-state index in [4.69, 9.17) is 0 Å². The first-order valence-corrected chi connectivity index (χ1v) is 5.97. The Bertz CT molecular complexity index is 603. The van der Waals surface area contributed by atoms with Crippen molar-refractivity contribution in [1.82, 2.24) is 30.2 Å². The monoisotopic (exact) mass is 247 g/mol. The summed E-state index contributed by atoms with van der Waals surface area (Å²) >= 11 is 1.65. The second-order valence-electron chi connectivity index (χ2n) is 3.35. The highest BCUT2D eigenvalue weighted by atomic mass is 32.1. The maximum absolute atomic E-state index is 4.21. The van der Waals surface area contributed by atoms with Crippen LogP contribution in [0.4, 0.5) is 5.82 Å². The van der Waals surface area contributed by atoms with Gasteiger partial charge in [-0.05, 0) is 22.6 Å². The number of nitrogens with one attached hydrogen (secondary N) is 1. The van der Waals surface area contributed by atoms with E-state index in [-0.39, 0.29) is 0 Å². The minimum Gasteiger partial charge on any atom is -0.368 e. The van der Waals surface area contributed by atoms with Crippen LogP contribution in [-0.2, 0) is 6.42 Å². The third-order valence-electron chi connectivity index (χ3n) is 2.20. The Morgan fingerprint density at radius 1 is 1.35 bits per heavy atom. The Kier molecular flexibility index (Phi) is 2.62. The van der Waals surface area contributed by atoms with E-state index in [0.717, 1.165) is 23.8 Å². The number of hydrogen-bond acceptors (Lipinski definition) is 7. The van der Waals surface area contributed by atoms with Crippen molar-refractivity contribution in [2.24, 2.45) is 0 Å². The fraction of sp³-hybridized carbons (Fsp3) is 0.222. The average Bonchev–Trinajstić information content (AvgIpc) is 2.98. The Balaban J connectivity index is 1.64. The average molecular weight is 247 g/mol. The van der Waals surface area contributed by atoms with E-state index >= 15 is 0 Å². The molecular weight excluding hydrogens is 238 g/mol. The third-order valence-corrected chi connectivity index (χ3v) is 3.04. The summed E-state index contributed by atoms with van der Waals surface area (Å²) in [6.45, 7) is 0.786. The molecule has 0 radical (unpaired) electrons. The lowest BCUT2D eigenvalue weighted by Crippen LogP contribution is -2.08.